The first-order chi connectivity index (χ1) is 8.06. The predicted octanol–water partition coefficient (Wildman–Crippen LogP) is 2.39. The van der Waals surface area contributed by atoms with Crippen LogP contribution in [0, 0.1) is 0 Å². The Labute approximate surface area is 107 Å². The lowest BCUT2D eigenvalue weighted by molar-refractivity contribution is 0.458. The van der Waals surface area contributed by atoms with Crippen LogP contribution in [0.5, 0.6) is 11.6 Å². The van der Waals surface area contributed by atoms with E-state index >= 15 is 0 Å². The van der Waals surface area contributed by atoms with Crippen LogP contribution in [0.2, 0.25) is 0 Å². The highest BCUT2D eigenvalue weighted by atomic mass is 79.9. The molecule has 0 bridgehead atoms. The predicted molar refractivity (Wildman–Crippen MR) is 66.8 cm³/mol. The number of nitrogens with two attached hydrogens (primary N) is 1. The molecule has 0 saturated carbocycles. The molecule has 0 aromatic carbocycles. The van der Waals surface area contributed by atoms with Crippen LogP contribution >= 0.6 is 15.9 Å². The largest absolute Gasteiger partial charge is 0.433 e. The van der Waals surface area contributed by atoms with Crippen LogP contribution in [0.4, 0.5) is 5.82 Å². The number of ether oxygens (including phenoxy) is 1. The van der Waals surface area contributed by atoms with Crippen molar-refractivity contribution in [2.45, 2.75) is 19.9 Å². The molecular weight excluding hydrogens is 286 g/mol. The second-order valence-corrected chi connectivity index (χ2v) is 4.55. The molecule has 7 heteroatoms. The number of aromatic nitrogens is 4. The second kappa shape index (κ2) is 4.70. The minimum absolute atomic E-state index is 0.241. The van der Waals surface area contributed by atoms with Gasteiger partial charge in [0.05, 0.1) is 18.6 Å². The molecule has 0 unspecified atom stereocenters. The van der Waals surface area contributed by atoms with Crippen molar-refractivity contribution in [2.24, 2.45) is 0 Å². The van der Waals surface area contributed by atoms with Gasteiger partial charge in [0.1, 0.15) is 4.60 Å². The molecule has 0 atom stereocenters. The molecule has 90 valence electrons. The Balaban J connectivity index is 2.22. The highest BCUT2D eigenvalue weighted by molar-refractivity contribution is 9.10. The zero-order chi connectivity index (χ0) is 12.4. The van der Waals surface area contributed by atoms with Crippen molar-refractivity contribution in [1.29, 1.82) is 0 Å². The van der Waals surface area contributed by atoms with Gasteiger partial charge in [-0.2, -0.15) is 5.10 Å². The van der Waals surface area contributed by atoms with Gasteiger partial charge in [-0.1, -0.05) is 0 Å². The summed E-state index contributed by atoms with van der Waals surface area (Å²) < 4.78 is 7.87. The third-order valence-corrected chi connectivity index (χ3v) is 2.44. The summed E-state index contributed by atoms with van der Waals surface area (Å²) in [5.41, 5.74) is 5.66. The summed E-state index contributed by atoms with van der Waals surface area (Å²) in [5.74, 6) is 1.09. The Hall–Kier alpha value is -1.63. The quantitative estimate of drug-likeness (QED) is 0.941. The summed E-state index contributed by atoms with van der Waals surface area (Å²) in [5, 5.41) is 4.15. The monoisotopic (exact) mass is 297 g/mol. The molecule has 0 amide bonds. The number of hydrogen-bond acceptors (Lipinski definition) is 5. The van der Waals surface area contributed by atoms with Crippen LogP contribution in [-0.2, 0) is 0 Å². The van der Waals surface area contributed by atoms with Gasteiger partial charge in [0.15, 0.2) is 11.6 Å². The Kier molecular flexibility index (Phi) is 3.28. The lowest BCUT2D eigenvalue weighted by Crippen LogP contribution is -2.00. The molecule has 0 radical (unpaired) electrons. The summed E-state index contributed by atoms with van der Waals surface area (Å²) in [7, 11) is 0. The average Bonchev–Trinajstić information content (AvgIpc) is 2.72. The van der Waals surface area contributed by atoms with E-state index in [4.69, 9.17) is 10.5 Å². The van der Waals surface area contributed by atoms with E-state index in [0.717, 1.165) is 0 Å². The summed E-state index contributed by atoms with van der Waals surface area (Å²) >= 11 is 3.21. The molecule has 17 heavy (non-hydrogen) atoms. The van der Waals surface area contributed by atoms with Crippen molar-refractivity contribution in [1.82, 2.24) is 19.7 Å². The standard InChI is InChI=1S/C10H12BrN5O/c1-6(2)16-5-7(3-14-16)17-10-9(12)13-4-8(11)15-10/h3-6H,1-2H3,(H2,12,13). The maximum absolute atomic E-state index is 5.66. The second-order valence-electron chi connectivity index (χ2n) is 3.73. The first-order valence-electron chi connectivity index (χ1n) is 5.06. The molecule has 6 nitrogen and oxygen atoms in total. The van der Waals surface area contributed by atoms with Gasteiger partial charge >= 0.3 is 0 Å². The molecule has 2 aromatic heterocycles. The number of rotatable bonds is 3. The maximum Gasteiger partial charge on any atom is 0.263 e. The lowest BCUT2D eigenvalue weighted by atomic mass is 10.4. The lowest BCUT2D eigenvalue weighted by Gasteiger charge is -2.05. The number of nitrogens with zero attached hydrogens (tertiary/aromatic N) is 4. The molecule has 0 spiro atoms. The van der Waals surface area contributed by atoms with Gasteiger partial charge in [-0.15, -0.1) is 0 Å². The summed E-state index contributed by atoms with van der Waals surface area (Å²) in [6, 6.07) is 0.276. The Morgan fingerprint density at radius 1 is 1.41 bits per heavy atom. The van der Waals surface area contributed by atoms with E-state index < -0.39 is 0 Å². The maximum atomic E-state index is 5.66. The van der Waals surface area contributed by atoms with Gasteiger partial charge in [-0.25, -0.2) is 9.97 Å². The molecule has 0 fully saturated rings. The summed E-state index contributed by atoms with van der Waals surface area (Å²) in [4.78, 5) is 8.02. The van der Waals surface area contributed by atoms with E-state index in [-0.39, 0.29) is 17.7 Å². The van der Waals surface area contributed by atoms with Crippen LogP contribution in [0.3, 0.4) is 0 Å². The first kappa shape index (κ1) is 11.8. The highest BCUT2D eigenvalue weighted by Crippen LogP contribution is 2.25. The van der Waals surface area contributed by atoms with E-state index in [0.29, 0.717) is 10.4 Å². The van der Waals surface area contributed by atoms with Crippen molar-refractivity contribution in [2.75, 3.05) is 5.73 Å². The summed E-state index contributed by atoms with van der Waals surface area (Å²) in [6.45, 7) is 4.06. The SMILES string of the molecule is CC(C)n1cc(Oc2nc(Br)cnc2N)cn1. The highest BCUT2D eigenvalue weighted by Gasteiger charge is 2.09. The number of anilines is 1. The van der Waals surface area contributed by atoms with Crippen LogP contribution in [0.1, 0.15) is 19.9 Å². The Bertz CT molecular complexity index is 525. The molecule has 2 rings (SSSR count). The normalized spacial score (nSPS) is 10.8. The van der Waals surface area contributed by atoms with Crippen LogP contribution in [-0.4, -0.2) is 19.7 Å². The number of halogens is 1. The number of hydrogen-bond donors (Lipinski definition) is 1. The van der Waals surface area contributed by atoms with E-state index in [1.54, 1.807) is 17.1 Å². The van der Waals surface area contributed by atoms with Crippen LogP contribution in [0.15, 0.2) is 23.2 Å². The fraction of sp³-hybridized carbons (Fsp3) is 0.300. The zero-order valence-corrected chi connectivity index (χ0v) is 11.0. The van der Waals surface area contributed by atoms with E-state index in [1.165, 1.54) is 6.20 Å². The molecule has 0 aliphatic heterocycles. The first-order valence-corrected chi connectivity index (χ1v) is 5.85. The van der Waals surface area contributed by atoms with Gasteiger partial charge in [-0.05, 0) is 29.8 Å². The van der Waals surface area contributed by atoms with Crippen molar-refractivity contribution in [3.63, 3.8) is 0 Å². The van der Waals surface area contributed by atoms with Crippen LogP contribution in [0.25, 0.3) is 0 Å². The zero-order valence-electron chi connectivity index (χ0n) is 9.46. The fourth-order valence-corrected chi connectivity index (χ4v) is 1.47. The average molecular weight is 298 g/mol. The van der Waals surface area contributed by atoms with Crippen LogP contribution < -0.4 is 10.5 Å². The third-order valence-electron chi connectivity index (χ3n) is 2.06. The minimum Gasteiger partial charge on any atom is -0.433 e. The molecule has 0 aliphatic carbocycles. The van der Waals surface area contributed by atoms with Crippen molar-refractivity contribution in [3.8, 4) is 11.6 Å². The minimum atomic E-state index is 0.241. The van der Waals surface area contributed by atoms with E-state index in [1.807, 2.05) is 13.8 Å². The van der Waals surface area contributed by atoms with Crippen molar-refractivity contribution in [3.05, 3.63) is 23.2 Å². The third kappa shape index (κ3) is 2.73. The Morgan fingerprint density at radius 3 is 2.82 bits per heavy atom. The van der Waals surface area contributed by atoms with Gasteiger partial charge in [0.25, 0.3) is 5.88 Å². The van der Waals surface area contributed by atoms with Gasteiger partial charge < -0.3 is 10.5 Å². The topological polar surface area (TPSA) is 78.8 Å². The smallest absolute Gasteiger partial charge is 0.263 e. The van der Waals surface area contributed by atoms with E-state index in [2.05, 4.69) is 31.0 Å². The fourth-order valence-electron chi connectivity index (χ4n) is 1.20. The van der Waals surface area contributed by atoms with Crippen molar-refractivity contribution < 1.29 is 4.74 Å². The molecule has 2 heterocycles. The van der Waals surface area contributed by atoms with Crippen molar-refractivity contribution >= 4 is 21.7 Å². The van der Waals surface area contributed by atoms with Gasteiger partial charge in [0.2, 0.25) is 0 Å². The molecule has 2 N–H and O–H groups in total. The Morgan fingerprint density at radius 2 is 2.18 bits per heavy atom. The summed E-state index contributed by atoms with van der Waals surface area (Å²) in [6.07, 6.45) is 4.91. The molecule has 0 saturated heterocycles. The molecule has 2 aromatic rings. The van der Waals surface area contributed by atoms with Gasteiger partial charge in [-0.3, -0.25) is 4.68 Å². The molecular formula is C10H12BrN5O. The van der Waals surface area contributed by atoms with E-state index in [9.17, 15) is 0 Å². The van der Waals surface area contributed by atoms with Gasteiger partial charge in [0, 0.05) is 6.04 Å². The number of nitrogen functional groups attached to an aromatic ring is 1. The molecule has 0 aliphatic rings.